The molecule has 0 atom stereocenters. The van der Waals surface area contributed by atoms with Gasteiger partial charge in [-0.2, -0.15) is 0 Å². The minimum atomic E-state index is -0.241. The van der Waals surface area contributed by atoms with Gasteiger partial charge in [0.05, 0.1) is 45.6 Å². The van der Waals surface area contributed by atoms with Crippen molar-refractivity contribution in [2.24, 2.45) is 0 Å². The molecule has 2 amide bonds. The monoisotopic (exact) mass is 494 g/mol. The zero-order chi connectivity index (χ0) is 24.9. The molecule has 0 unspecified atom stereocenters. The van der Waals surface area contributed by atoms with Crippen LogP contribution in [0.15, 0.2) is 40.9 Å². The van der Waals surface area contributed by atoms with Gasteiger partial charge < -0.3 is 24.1 Å². The molecule has 0 spiro atoms. The lowest BCUT2D eigenvalue weighted by Gasteiger charge is -2.25. The number of aryl methyl sites for hydroxylation is 1. The molecule has 4 heterocycles. The van der Waals surface area contributed by atoms with Crippen molar-refractivity contribution in [3.8, 4) is 5.75 Å². The van der Waals surface area contributed by atoms with Crippen molar-refractivity contribution in [2.75, 3.05) is 39.5 Å². The number of carbonyl (C=O) groups is 2. The van der Waals surface area contributed by atoms with E-state index in [-0.39, 0.29) is 24.9 Å². The van der Waals surface area contributed by atoms with E-state index >= 15 is 0 Å². The van der Waals surface area contributed by atoms with Crippen LogP contribution >= 0.6 is 0 Å². The van der Waals surface area contributed by atoms with Gasteiger partial charge in [0.1, 0.15) is 30.4 Å². The predicted molar refractivity (Wildman–Crippen MR) is 128 cm³/mol. The number of hydrogen-bond acceptors (Lipinski definition) is 8. The SMILES string of the molecule is Cc1cc(CN2CCOCC2)oc1C(=O)N1Cc2cn(nn2)CC(=O)NCCOc2ccccc2C1. The quantitative estimate of drug-likeness (QED) is 0.581. The molecule has 3 aromatic rings. The number of fused-ring (bicyclic) bond motifs is 3. The second-order valence-corrected chi connectivity index (χ2v) is 8.99. The van der Waals surface area contributed by atoms with Crippen molar-refractivity contribution in [3.63, 3.8) is 0 Å². The highest BCUT2D eigenvalue weighted by Crippen LogP contribution is 2.24. The fourth-order valence-electron chi connectivity index (χ4n) is 4.38. The van der Waals surface area contributed by atoms with Crippen LogP contribution < -0.4 is 10.1 Å². The third kappa shape index (κ3) is 5.74. The number of amides is 2. The summed E-state index contributed by atoms with van der Waals surface area (Å²) in [5.41, 5.74) is 2.20. The minimum Gasteiger partial charge on any atom is -0.491 e. The molecular weight excluding hydrogens is 464 g/mol. The second kappa shape index (κ2) is 10.9. The Morgan fingerprint density at radius 2 is 1.94 bits per heavy atom. The number of benzene rings is 1. The van der Waals surface area contributed by atoms with E-state index in [9.17, 15) is 9.59 Å². The Balaban J connectivity index is 1.42. The lowest BCUT2D eigenvalue weighted by molar-refractivity contribution is -0.122. The van der Waals surface area contributed by atoms with Gasteiger partial charge in [-0.05, 0) is 19.1 Å². The number of furan rings is 1. The molecule has 11 heteroatoms. The molecular formula is C25H30N6O5. The maximum absolute atomic E-state index is 13.8. The van der Waals surface area contributed by atoms with E-state index in [1.807, 2.05) is 37.3 Å². The maximum atomic E-state index is 13.8. The van der Waals surface area contributed by atoms with Crippen LogP contribution in [0.1, 0.15) is 33.1 Å². The average Bonchev–Trinajstić information content (AvgIpc) is 3.47. The van der Waals surface area contributed by atoms with E-state index in [0.717, 1.165) is 30.0 Å². The number of carbonyl (C=O) groups excluding carboxylic acids is 2. The molecule has 2 aliphatic heterocycles. The van der Waals surface area contributed by atoms with Crippen LogP contribution in [0.3, 0.4) is 0 Å². The van der Waals surface area contributed by atoms with Gasteiger partial charge >= 0.3 is 0 Å². The summed E-state index contributed by atoms with van der Waals surface area (Å²) in [6, 6.07) is 9.51. The zero-order valence-corrected chi connectivity index (χ0v) is 20.3. The van der Waals surface area contributed by atoms with Crippen molar-refractivity contribution in [3.05, 3.63) is 64.9 Å². The summed E-state index contributed by atoms with van der Waals surface area (Å²) in [6.45, 7) is 6.78. The topological polar surface area (TPSA) is 115 Å². The minimum absolute atomic E-state index is 0.0414. The Morgan fingerprint density at radius 1 is 1.11 bits per heavy atom. The summed E-state index contributed by atoms with van der Waals surface area (Å²) < 4.78 is 18.9. The van der Waals surface area contributed by atoms with Gasteiger partial charge in [0, 0.05) is 24.2 Å². The molecule has 0 radical (unpaired) electrons. The summed E-state index contributed by atoms with van der Waals surface area (Å²) in [5.74, 6) is 1.29. The second-order valence-electron chi connectivity index (χ2n) is 8.99. The van der Waals surface area contributed by atoms with Crippen LogP contribution in [-0.4, -0.2) is 76.1 Å². The van der Waals surface area contributed by atoms with Crippen molar-refractivity contribution in [1.29, 1.82) is 0 Å². The third-order valence-corrected chi connectivity index (χ3v) is 6.19. The maximum Gasteiger partial charge on any atom is 0.290 e. The van der Waals surface area contributed by atoms with Gasteiger partial charge in [-0.1, -0.05) is 23.4 Å². The van der Waals surface area contributed by atoms with Crippen molar-refractivity contribution >= 4 is 11.8 Å². The standard InChI is InChI=1S/C25H30N6O5/c1-18-12-21(16-29-7-10-34-11-8-29)36-24(18)25(33)30-13-19-4-2-3-5-22(19)35-9-6-26-23(32)17-31-15-20(14-30)27-28-31/h2-5,12,15H,6-11,13-14,16-17H2,1H3,(H,26,32). The predicted octanol–water partition coefficient (Wildman–Crippen LogP) is 1.36. The first-order chi connectivity index (χ1) is 17.5. The van der Waals surface area contributed by atoms with Crippen LogP contribution in [0.5, 0.6) is 5.75 Å². The van der Waals surface area contributed by atoms with E-state index in [2.05, 4.69) is 20.5 Å². The first-order valence-electron chi connectivity index (χ1n) is 12.1. The molecule has 11 nitrogen and oxygen atoms in total. The summed E-state index contributed by atoms with van der Waals surface area (Å²) in [5, 5.41) is 11.1. The zero-order valence-electron chi connectivity index (χ0n) is 20.3. The molecule has 0 saturated carbocycles. The van der Waals surface area contributed by atoms with Crippen LogP contribution in [0.25, 0.3) is 0 Å². The van der Waals surface area contributed by atoms with Gasteiger partial charge in [-0.15, -0.1) is 5.10 Å². The molecule has 36 heavy (non-hydrogen) atoms. The first-order valence-corrected chi connectivity index (χ1v) is 12.1. The molecule has 2 aromatic heterocycles. The van der Waals surface area contributed by atoms with E-state index in [1.54, 1.807) is 11.1 Å². The molecule has 1 N–H and O–H groups in total. The van der Waals surface area contributed by atoms with Gasteiger partial charge in [-0.25, -0.2) is 4.68 Å². The van der Waals surface area contributed by atoms with Crippen molar-refractivity contribution < 1.29 is 23.5 Å². The van der Waals surface area contributed by atoms with E-state index in [0.29, 0.717) is 56.7 Å². The summed E-state index contributed by atoms with van der Waals surface area (Å²) in [7, 11) is 0. The molecule has 1 aromatic carbocycles. The first kappa shape index (κ1) is 24.0. The fourth-order valence-corrected chi connectivity index (χ4v) is 4.38. The normalized spacial score (nSPS) is 17.6. The van der Waals surface area contributed by atoms with Crippen LogP contribution in [-0.2, 0) is 35.7 Å². The number of nitrogens with zero attached hydrogens (tertiary/aromatic N) is 5. The lowest BCUT2D eigenvalue weighted by atomic mass is 10.1. The van der Waals surface area contributed by atoms with Crippen molar-refractivity contribution in [1.82, 2.24) is 30.1 Å². The Kier molecular flexibility index (Phi) is 7.28. The van der Waals surface area contributed by atoms with Gasteiger partial charge in [-0.3, -0.25) is 14.5 Å². The Morgan fingerprint density at radius 3 is 2.81 bits per heavy atom. The summed E-state index contributed by atoms with van der Waals surface area (Å²) >= 11 is 0. The van der Waals surface area contributed by atoms with Gasteiger partial charge in [0.25, 0.3) is 5.91 Å². The number of para-hydroxylation sites is 1. The lowest BCUT2D eigenvalue weighted by Crippen LogP contribution is -2.35. The third-order valence-electron chi connectivity index (χ3n) is 6.19. The summed E-state index contributed by atoms with van der Waals surface area (Å²) in [4.78, 5) is 29.9. The number of nitrogens with one attached hydrogen (secondary N) is 1. The largest absolute Gasteiger partial charge is 0.491 e. The Hall–Kier alpha value is -3.70. The van der Waals surface area contributed by atoms with E-state index in [1.165, 1.54) is 4.68 Å². The van der Waals surface area contributed by atoms with Gasteiger partial charge in [0.2, 0.25) is 5.91 Å². The number of ether oxygens (including phenoxy) is 2. The van der Waals surface area contributed by atoms with Crippen LogP contribution in [0.4, 0.5) is 0 Å². The molecule has 1 saturated heterocycles. The fraction of sp³-hybridized carbons (Fsp3) is 0.440. The molecule has 1 fully saturated rings. The molecule has 2 bridgehead atoms. The highest BCUT2D eigenvalue weighted by molar-refractivity contribution is 5.93. The number of aromatic nitrogens is 3. The average molecular weight is 495 g/mol. The number of rotatable bonds is 3. The Bertz CT molecular complexity index is 1220. The molecule has 5 rings (SSSR count). The summed E-state index contributed by atoms with van der Waals surface area (Å²) in [6.07, 6.45) is 1.69. The van der Waals surface area contributed by atoms with E-state index < -0.39 is 0 Å². The van der Waals surface area contributed by atoms with Gasteiger partial charge in [0.15, 0.2) is 5.76 Å². The smallest absolute Gasteiger partial charge is 0.290 e. The van der Waals surface area contributed by atoms with Crippen LogP contribution in [0, 0.1) is 6.92 Å². The number of hydrogen-bond donors (Lipinski definition) is 1. The van der Waals surface area contributed by atoms with Crippen LogP contribution in [0.2, 0.25) is 0 Å². The molecule has 2 aliphatic rings. The number of morpholine rings is 1. The molecule has 190 valence electrons. The highest BCUT2D eigenvalue weighted by Gasteiger charge is 2.26. The highest BCUT2D eigenvalue weighted by atomic mass is 16.5. The Labute approximate surface area is 208 Å². The van der Waals surface area contributed by atoms with E-state index in [4.69, 9.17) is 13.9 Å². The van der Waals surface area contributed by atoms with Crippen molar-refractivity contribution in [2.45, 2.75) is 33.1 Å². The molecule has 0 aliphatic carbocycles.